The average molecular weight is 343 g/mol. The number of pyridine rings is 1. The van der Waals surface area contributed by atoms with Crippen molar-refractivity contribution in [2.75, 3.05) is 5.32 Å². The van der Waals surface area contributed by atoms with Gasteiger partial charge in [-0.05, 0) is 50.2 Å². The highest BCUT2D eigenvalue weighted by Crippen LogP contribution is 2.23. The van der Waals surface area contributed by atoms with Gasteiger partial charge in [-0.2, -0.15) is 5.10 Å². The van der Waals surface area contributed by atoms with Crippen LogP contribution in [0.2, 0.25) is 5.02 Å². The zero-order valence-electron chi connectivity index (χ0n) is 13.1. The van der Waals surface area contributed by atoms with Gasteiger partial charge in [0.05, 0.1) is 22.1 Å². The molecule has 0 radical (unpaired) electrons. The van der Waals surface area contributed by atoms with Crippen molar-refractivity contribution in [2.45, 2.75) is 13.8 Å². The molecule has 0 saturated carbocycles. The van der Waals surface area contributed by atoms with Gasteiger partial charge in [-0.25, -0.2) is 9.67 Å². The normalized spacial score (nSPS) is 10.6. The summed E-state index contributed by atoms with van der Waals surface area (Å²) in [6.07, 6.45) is 1.49. The Labute approximate surface area is 143 Å². The predicted octanol–water partition coefficient (Wildman–Crippen LogP) is 3.50. The van der Waals surface area contributed by atoms with E-state index >= 15 is 0 Å². The molecule has 0 aliphatic heterocycles. The monoisotopic (exact) mass is 342 g/mol. The van der Waals surface area contributed by atoms with Gasteiger partial charge in [0, 0.05) is 11.8 Å². The maximum atomic E-state index is 12.2. The first-order chi connectivity index (χ1) is 11.5. The number of nitrogens with one attached hydrogen (secondary N) is 1. The second-order valence-electron chi connectivity index (χ2n) is 5.27. The van der Waals surface area contributed by atoms with Crippen LogP contribution in [0.15, 0.2) is 42.6 Å². The van der Waals surface area contributed by atoms with Crippen LogP contribution in [-0.4, -0.2) is 25.8 Å². The molecule has 24 heavy (non-hydrogen) atoms. The number of aromatic hydroxyl groups is 1. The van der Waals surface area contributed by atoms with Gasteiger partial charge in [-0.1, -0.05) is 11.6 Å². The highest BCUT2D eigenvalue weighted by atomic mass is 35.5. The summed E-state index contributed by atoms with van der Waals surface area (Å²) in [7, 11) is 0. The summed E-state index contributed by atoms with van der Waals surface area (Å²) in [5.74, 6) is -0.321. The van der Waals surface area contributed by atoms with Crippen LogP contribution in [-0.2, 0) is 0 Å². The highest BCUT2D eigenvalue weighted by molar-refractivity contribution is 6.31. The first-order valence-electron chi connectivity index (χ1n) is 7.25. The molecule has 0 spiro atoms. The Balaban J connectivity index is 1.83. The minimum Gasteiger partial charge on any atom is -0.504 e. The van der Waals surface area contributed by atoms with Gasteiger partial charge in [-0.3, -0.25) is 4.79 Å². The molecule has 2 N–H and O–H groups in total. The van der Waals surface area contributed by atoms with Gasteiger partial charge < -0.3 is 10.4 Å². The Bertz CT molecular complexity index is 903. The molecular weight excluding hydrogens is 328 g/mol. The van der Waals surface area contributed by atoms with E-state index in [1.807, 2.05) is 13.8 Å². The Hall–Kier alpha value is -2.86. The van der Waals surface area contributed by atoms with Gasteiger partial charge in [0.1, 0.15) is 0 Å². The quantitative estimate of drug-likeness (QED) is 0.763. The Morgan fingerprint density at radius 3 is 2.50 bits per heavy atom. The minimum absolute atomic E-state index is 0.0836. The predicted molar refractivity (Wildman–Crippen MR) is 91.9 cm³/mol. The van der Waals surface area contributed by atoms with Crippen molar-refractivity contribution < 1.29 is 9.90 Å². The van der Waals surface area contributed by atoms with Crippen molar-refractivity contribution in [1.29, 1.82) is 0 Å². The van der Waals surface area contributed by atoms with E-state index in [2.05, 4.69) is 15.4 Å². The van der Waals surface area contributed by atoms with Crippen LogP contribution >= 0.6 is 11.6 Å². The summed E-state index contributed by atoms with van der Waals surface area (Å²) in [6, 6.07) is 9.95. The molecule has 0 aliphatic rings. The number of aromatic nitrogens is 3. The average Bonchev–Trinajstić information content (AvgIpc) is 2.84. The van der Waals surface area contributed by atoms with Crippen LogP contribution in [0.25, 0.3) is 5.69 Å². The molecule has 3 rings (SSSR count). The Morgan fingerprint density at radius 1 is 1.21 bits per heavy atom. The zero-order valence-corrected chi connectivity index (χ0v) is 13.9. The minimum atomic E-state index is -0.359. The SMILES string of the molecule is Cc1nn(-c2ccc(C(=O)Nc3ncccc3O)cc2)c(C)c1Cl. The molecule has 0 unspecified atom stereocenters. The van der Waals surface area contributed by atoms with E-state index in [9.17, 15) is 9.90 Å². The lowest BCUT2D eigenvalue weighted by Crippen LogP contribution is -2.13. The van der Waals surface area contributed by atoms with Gasteiger partial charge in [0.25, 0.3) is 5.91 Å². The van der Waals surface area contributed by atoms with Crippen molar-refractivity contribution >= 4 is 23.3 Å². The van der Waals surface area contributed by atoms with E-state index in [1.54, 1.807) is 35.0 Å². The number of rotatable bonds is 3. The number of carbonyl (C=O) groups is 1. The third-order valence-electron chi connectivity index (χ3n) is 3.60. The van der Waals surface area contributed by atoms with Crippen LogP contribution < -0.4 is 5.32 Å². The highest BCUT2D eigenvalue weighted by Gasteiger charge is 2.13. The van der Waals surface area contributed by atoms with Crippen molar-refractivity contribution in [3.8, 4) is 11.4 Å². The summed E-state index contributed by atoms with van der Waals surface area (Å²) in [5.41, 5.74) is 2.84. The number of hydrogen-bond acceptors (Lipinski definition) is 4. The van der Waals surface area contributed by atoms with Crippen LogP contribution in [0.5, 0.6) is 5.75 Å². The molecule has 0 saturated heterocycles. The fourth-order valence-corrected chi connectivity index (χ4v) is 2.42. The van der Waals surface area contributed by atoms with Crippen molar-refractivity contribution in [3.05, 3.63) is 64.6 Å². The molecule has 7 heteroatoms. The van der Waals surface area contributed by atoms with E-state index in [-0.39, 0.29) is 17.5 Å². The molecule has 2 aromatic heterocycles. The summed E-state index contributed by atoms with van der Waals surface area (Å²) in [4.78, 5) is 16.2. The molecule has 122 valence electrons. The van der Waals surface area contributed by atoms with Crippen LogP contribution in [0.3, 0.4) is 0 Å². The molecule has 0 aliphatic carbocycles. The third kappa shape index (κ3) is 2.96. The van der Waals surface area contributed by atoms with Gasteiger partial charge in [0.15, 0.2) is 11.6 Å². The van der Waals surface area contributed by atoms with E-state index in [0.717, 1.165) is 17.1 Å². The second kappa shape index (κ2) is 6.33. The summed E-state index contributed by atoms with van der Waals surface area (Å²) < 4.78 is 1.73. The molecule has 2 heterocycles. The van der Waals surface area contributed by atoms with Crippen LogP contribution in [0.1, 0.15) is 21.7 Å². The fourth-order valence-electron chi connectivity index (χ4n) is 2.30. The lowest BCUT2D eigenvalue weighted by atomic mass is 10.2. The lowest BCUT2D eigenvalue weighted by molar-refractivity contribution is 0.102. The topological polar surface area (TPSA) is 80.0 Å². The molecule has 0 atom stereocenters. The third-order valence-corrected chi connectivity index (χ3v) is 4.14. The van der Waals surface area contributed by atoms with Crippen molar-refractivity contribution in [2.24, 2.45) is 0 Å². The number of amides is 1. The first kappa shape index (κ1) is 16.0. The molecule has 1 aromatic carbocycles. The number of aryl methyl sites for hydroxylation is 1. The first-order valence-corrected chi connectivity index (χ1v) is 7.62. The van der Waals surface area contributed by atoms with Crippen molar-refractivity contribution in [3.63, 3.8) is 0 Å². The van der Waals surface area contributed by atoms with E-state index in [0.29, 0.717) is 10.6 Å². The van der Waals surface area contributed by atoms with Gasteiger partial charge in [0.2, 0.25) is 0 Å². The summed E-state index contributed by atoms with van der Waals surface area (Å²) in [5, 5.41) is 17.2. The van der Waals surface area contributed by atoms with Crippen molar-refractivity contribution in [1.82, 2.24) is 14.8 Å². The maximum Gasteiger partial charge on any atom is 0.256 e. The second-order valence-corrected chi connectivity index (χ2v) is 5.65. The number of benzene rings is 1. The zero-order chi connectivity index (χ0) is 17.3. The molecule has 0 fully saturated rings. The fraction of sp³-hybridized carbons (Fsp3) is 0.118. The number of nitrogens with zero attached hydrogens (tertiary/aromatic N) is 3. The molecule has 1 amide bonds. The number of anilines is 1. The van der Waals surface area contributed by atoms with Crippen LogP contribution in [0, 0.1) is 13.8 Å². The molecular formula is C17H15ClN4O2. The largest absolute Gasteiger partial charge is 0.504 e. The maximum absolute atomic E-state index is 12.2. The molecule has 3 aromatic rings. The smallest absolute Gasteiger partial charge is 0.256 e. The molecule has 6 nitrogen and oxygen atoms in total. The number of halogens is 1. The van der Waals surface area contributed by atoms with E-state index in [4.69, 9.17) is 11.6 Å². The van der Waals surface area contributed by atoms with E-state index in [1.165, 1.54) is 12.3 Å². The van der Waals surface area contributed by atoms with Gasteiger partial charge in [-0.15, -0.1) is 0 Å². The number of carbonyl (C=O) groups excluding carboxylic acids is 1. The lowest BCUT2D eigenvalue weighted by Gasteiger charge is -2.08. The van der Waals surface area contributed by atoms with Crippen LogP contribution in [0.4, 0.5) is 5.82 Å². The molecule has 0 bridgehead atoms. The number of hydrogen-bond donors (Lipinski definition) is 2. The summed E-state index contributed by atoms with van der Waals surface area (Å²) >= 11 is 6.16. The van der Waals surface area contributed by atoms with Gasteiger partial charge >= 0.3 is 0 Å². The summed E-state index contributed by atoms with van der Waals surface area (Å²) in [6.45, 7) is 3.72. The van der Waals surface area contributed by atoms with E-state index < -0.39 is 0 Å². The Kier molecular flexibility index (Phi) is 4.22. The Morgan fingerprint density at radius 2 is 1.92 bits per heavy atom. The standard InChI is InChI=1S/C17H15ClN4O2/c1-10-15(18)11(2)22(21-10)13-7-5-12(6-8-13)17(24)20-16-14(23)4-3-9-19-16/h3-9,23H,1-2H3,(H,19,20,24).